The van der Waals surface area contributed by atoms with Gasteiger partial charge >= 0.3 is 5.97 Å². The lowest BCUT2D eigenvalue weighted by molar-refractivity contribution is -0.139. The van der Waals surface area contributed by atoms with Crippen molar-refractivity contribution in [2.24, 2.45) is 5.92 Å². The van der Waals surface area contributed by atoms with E-state index in [1.165, 1.54) is 34.0 Å². The van der Waals surface area contributed by atoms with Crippen molar-refractivity contribution in [2.75, 3.05) is 24.2 Å². The van der Waals surface area contributed by atoms with Crippen LogP contribution >= 0.6 is 23.1 Å². The number of fused-ring (bicyclic) bond motifs is 3. The quantitative estimate of drug-likeness (QED) is 0.476. The average molecular weight is 366 g/mol. The first-order valence-corrected chi connectivity index (χ1v) is 10.3. The van der Waals surface area contributed by atoms with Gasteiger partial charge in [-0.05, 0) is 44.6 Å². The summed E-state index contributed by atoms with van der Waals surface area (Å²) in [6.07, 6.45) is 3.46. The number of thiophene rings is 1. The van der Waals surface area contributed by atoms with Crippen LogP contribution in [0.15, 0.2) is 5.16 Å². The van der Waals surface area contributed by atoms with E-state index >= 15 is 0 Å². The number of ether oxygens (including phenoxy) is 1. The molecule has 1 N–H and O–H groups in total. The molecule has 0 fully saturated rings. The molecule has 0 amide bonds. The Balaban J connectivity index is 1.93. The molecule has 0 radical (unpaired) electrons. The standard InChI is InChI=1S/C17H23N3O2S2/c1-4-18-15-14-11-7-6-10(3)8-12(11)24-16(14)20-17(19-15)23-9-13(21)22-5-2/h10H,4-9H2,1-3H3,(H,18,19,20). The molecular weight excluding hydrogens is 342 g/mol. The molecule has 0 saturated heterocycles. The zero-order valence-electron chi connectivity index (χ0n) is 14.3. The van der Waals surface area contributed by atoms with E-state index in [1.54, 1.807) is 11.3 Å². The SMILES string of the molecule is CCNc1nc(SCC(=O)OCC)nc2sc3c(c12)CCC(C)C3. The van der Waals surface area contributed by atoms with Gasteiger partial charge in [0.2, 0.25) is 0 Å². The molecule has 0 aromatic carbocycles. The van der Waals surface area contributed by atoms with E-state index < -0.39 is 0 Å². The lowest BCUT2D eigenvalue weighted by atomic mass is 9.89. The van der Waals surface area contributed by atoms with E-state index in [9.17, 15) is 4.79 Å². The van der Waals surface area contributed by atoms with Crippen molar-refractivity contribution in [1.82, 2.24) is 9.97 Å². The topological polar surface area (TPSA) is 64.1 Å². The highest BCUT2D eigenvalue weighted by atomic mass is 32.2. The second-order valence-electron chi connectivity index (χ2n) is 6.01. The third kappa shape index (κ3) is 3.67. The summed E-state index contributed by atoms with van der Waals surface area (Å²) in [6, 6.07) is 0. The van der Waals surface area contributed by atoms with Gasteiger partial charge in [-0.2, -0.15) is 0 Å². The monoisotopic (exact) mass is 365 g/mol. The molecule has 2 aromatic heterocycles. The van der Waals surface area contributed by atoms with Gasteiger partial charge in [0.05, 0.1) is 17.7 Å². The van der Waals surface area contributed by atoms with Crippen LogP contribution in [-0.2, 0) is 22.4 Å². The van der Waals surface area contributed by atoms with E-state index in [2.05, 4.69) is 24.1 Å². The van der Waals surface area contributed by atoms with Gasteiger partial charge in [-0.3, -0.25) is 4.79 Å². The van der Waals surface area contributed by atoms with Crippen molar-refractivity contribution in [2.45, 2.75) is 45.2 Å². The molecule has 130 valence electrons. The first-order valence-electron chi connectivity index (χ1n) is 8.46. The second-order valence-corrected chi connectivity index (χ2v) is 8.04. The molecule has 1 unspecified atom stereocenters. The minimum Gasteiger partial charge on any atom is -0.465 e. The summed E-state index contributed by atoms with van der Waals surface area (Å²) in [4.78, 5) is 23.4. The minimum absolute atomic E-state index is 0.226. The third-order valence-electron chi connectivity index (χ3n) is 4.10. The van der Waals surface area contributed by atoms with Crippen LogP contribution in [0.1, 0.15) is 37.6 Å². The predicted octanol–water partition coefficient (Wildman–Crippen LogP) is 3.90. The average Bonchev–Trinajstić information content (AvgIpc) is 2.91. The highest BCUT2D eigenvalue weighted by Gasteiger charge is 2.24. The van der Waals surface area contributed by atoms with Gasteiger partial charge in [0.15, 0.2) is 5.16 Å². The maximum absolute atomic E-state index is 11.6. The van der Waals surface area contributed by atoms with Crippen molar-refractivity contribution >= 4 is 45.1 Å². The molecule has 5 nitrogen and oxygen atoms in total. The smallest absolute Gasteiger partial charge is 0.316 e. The van der Waals surface area contributed by atoms with Gasteiger partial charge in [0.25, 0.3) is 0 Å². The Morgan fingerprint density at radius 3 is 3.00 bits per heavy atom. The number of nitrogens with one attached hydrogen (secondary N) is 1. The summed E-state index contributed by atoms with van der Waals surface area (Å²) in [5.41, 5.74) is 1.42. The number of hydrogen-bond acceptors (Lipinski definition) is 7. The van der Waals surface area contributed by atoms with Crippen LogP contribution in [0.3, 0.4) is 0 Å². The largest absolute Gasteiger partial charge is 0.465 e. The van der Waals surface area contributed by atoms with Crippen LogP contribution in [0.4, 0.5) is 5.82 Å². The fourth-order valence-electron chi connectivity index (χ4n) is 3.01. The number of aromatic nitrogens is 2. The molecule has 1 atom stereocenters. The summed E-state index contributed by atoms with van der Waals surface area (Å²) < 4.78 is 4.98. The lowest BCUT2D eigenvalue weighted by Crippen LogP contribution is -2.10. The van der Waals surface area contributed by atoms with Crippen LogP contribution in [-0.4, -0.2) is 34.8 Å². The Morgan fingerprint density at radius 1 is 1.42 bits per heavy atom. The van der Waals surface area contributed by atoms with E-state index in [0.29, 0.717) is 11.8 Å². The number of carbonyl (C=O) groups is 1. The first-order chi connectivity index (χ1) is 11.6. The number of anilines is 1. The molecule has 0 bridgehead atoms. The number of rotatable bonds is 6. The van der Waals surface area contributed by atoms with Crippen LogP contribution in [0.25, 0.3) is 10.2 Å². The van der Waals surface area contributed by atoms with Crippen LogP contribution in [0.5, 0.6) is 0 Å². The third-order valence-corrected chi connectivity index (χ3v) is 6.07. The van der Waals surface area contributed by atoms with Gasteiger partial charge in [0, 0.05) is 11.4 Å². The molecule has 0 saturated carbocycles. The summed E-state index contributed by atoms with van der Waals surface area (Å²) in [6.45, 7) is 7.41. The molecule has 1 aliphatic carbocycles. The van der Waals surface area contributed by atoms with Crippen molar-refractivity contribution in [1.29, 1.82) is 0 Å². The molecule has 7 heteroatoms. The van der Waals surface area contributed by atoms with Crippen LogP contribution < -0.4 is 5.32 Å². The maximum atomic E-state index is 11.6. The molecule has 1 aliphatic rings. The van der Waals surface area contributed by atoms with E-state index in [0.717, 1.165) is 36.0 Å². The fraction of sp³-hybridized carbons (Fsp3) is 0.588. The van der Waals surface area contributed by atoms with E-state index in [1.807, 2.05) is 6.92 Å². The molecule has 2 aromatic rings. The van der Waals surface area contributed by atoms with Crippen molar-refractivity contribution in [3.05, 3.63) is 10.4 Å². The van der Waals surface area contributed by atoms with Crippen molar-refractivity contribution in [3.63, 3.8) is 0 Å². The molecular formula is C17H23N3O2S2. The Morgan fingerprint density at radius 2 is 2.25 bits per heavy atom. The zero-order valence-corrected chi connectivity index (χ0v) is 16.0. The number of carbonyl (C=O) groups excluding carboxylic acids is 1. The number of thioether (sulfide) groups is 1. The minimum atomic E-state index is -0.226. The summed E-state index contributed by atoms with van der Waals surface area (Å²) in [5, 5.41) is 5.20. The van der Waals surface area contributed by atoms with Gasteiger partial charge in [-0.15, -0.1) is 11.3 Å². The number of hydrogen-bond donors (Lipinski definition) is 1. The lowest BCUT2D eigenvalue weighted by Gasteiger charge is -2.18. The van der Waals surface area contributed by atoms with Gasteiger partial charge < -0.3 is 10.1 Å². The predicted molar refractivity (Wildman–Crippen MR) is 100 cm³/mol. The Hall–Kier alpha value is -1.34. The first kappa shape index (κ1) is 17.5. The van der Waals surface area contributed by atoms with Gasteiger partial charge in [-0.1, -0.05) is 18.7 Å². The summed E-state index contributed by atoms with van der Waals surface area (Å²) in [5.74, 6) is 1.66. The van der Waals surface area contributed by atoms with Crippen molar-refractivity contribution < 1.29 is 9.53 Å². The summed E-state index contributed by atoms with van der Waals surface area (Å²) in [7, 11) is 0. The maximum Gasteiger partial charge on any atom is 0.316 e. The van der Waals surface area contributed by atoms with E-state index in [4.69, 9.17) is 9.72 Å². The number of nitrogens with zero attached hydrogens (tertiary/aromatic N) is 2. The number of esters is 1. The molecule has 0 aliphatic heterocycles. The van der Waals surface area contributed by atoms with Crippen LogP contribution in [0.2, 0.25) is 0 Å². The summed E-state index contributed by atoms with van der Waals surface area (Å²) >= 11 is 3.12. The molecule has 3 rings (SSSR count). The highest BCUT2D eigenvalue weighted by molar-refractivity contribution is 7.99. The van der Waals surface area contributed by atoms with E-state index in [-0.39, 0.29) is 11.7 Å². The second kappa shape index (κ2) is 7.70. The Kier molecular flexibility index (Phi) is 5.61. The van der Waals surface area contributed by atoms with Crippen LogP contribution in [0, 0.1) is 5.92 Å². The van der Waals surface area contributed by atoms with Gasteiger partial charge in [-0.25, -0.2) is 9.97 Å². The molecule has 0 spiro atoms. The molecule has 2 heterocycles. The highest BCUT2D eigenvalue weighted by Crippen LogP contribution is 2.40. The zero-order chi connectivity index (χ0) is 17.1. The molecule has 24 heavy (non-hydrogen) atoms. The fourth-order valence-corrected chi connectivity index (χ4v) is 5.09. The normalized spacial score (nSPS) is 16.9. The Labute approximate surface area is 150 Å². The van der Waals surface area contributed by atoms with Crippen molar-refractivity contribution in [3.8, 4) is 0 Å². The Bertz CT molecular complexity index is 745. The van der Waals surface area contributed by atoms with Gasteiger partial charge in [0.1, 0.15) is 10.6 Å². The number of aryl methyl sites for hydroxylation is 1.